The van der Waals surface area contributed by atoms with E-state index in [9.17, 15) is 9.59 Å². The van der Waals surface area contributed by atoms with E-state index in [4.69, 9.17) is 19.3 Å². The number of hydrogen-bond acceptors (Lipinski definition) is 7. The minimum atomic E-state index is -0.489. The third kappa shape index (κ3) is 6.16. The average Bonchev–Trinajstić information content (AvgIpc) is 3.40. The summed E-state index contributed by atoms with van der Waals surface area (Å²) in [5.41, 5.74) is 5.87. The molecule has 0 spiro atoms. The Labute approximate surface area is 219 Å². The first kappa shape index (κ1) is 26.0. The Balaban J connectivity index is 1.44. The molecule has 0 aliphatic carbocycles. The van der Waals surface area contributed by atoms with E-state index in [2.05, 4.69) is 15.8 Å². The highest BCUT2D eigenvalue weighted by molar-refractivity contribution is 5.97. The fourth-order valence-electron chi connectivity index (χ4n) is 3.62. The van der Waals surface area contributed by atoms with Gasteiger partial charge in [0.2, 0.25) is 0 Å². The number of methoxy groups -OCH3 is 3. The zero-order valence-electron chi connectivity index (χ0n) is 21.2. The summed E-state index contributed by atoms with van der Waals surface area (Å²) in [4.78, 5) is 24.8. The quantitative estimate of drug-likeness (QED) is 0.248. The van der Waals surface area contributed by atoms with Crippen LogP contribution < -0.4 is 25.0 Å². The lowest BCUT2D eigenvalue weighted by Crippen LogP contribution is -2.34. The van der Waals surface area contributed by atoms with Crippen LogP contribution in [0.5, 0.6) is 17.2 Å². The van der Waals surface area contributed by atoms with Gasteiger partial charge in [0.05, 0.1) is 39.8 Å². The van der Waals surface area contributed by atoms with Crippen LogP contribution >= 0.6 is 0 Å². The Bertz CT molecular complexity index is 1430. The number of nitrogens with zero attached hydrogens (tertiary/aromatic N) is 3. The normalized spacial score (nSPS) is 10.7. The van der Waals surface area contributed by atoms with Gasteiger partial charge in [-0.25, -0.2) is 10.1 Å². The van der Waals surface area contributed by atoms with Crippen molar-refractivity contribution < 1.29 is 23.8 Å². The first-order valence-electron chi connectivity index (χ1n) is 11.6. The summed E-state index contributed by atoms with van der Waals surface area (Å²) in [7, 11) is 4.60. The summed E-state index contributed by atoms with van der Waals surface area (Å²) < 4.78 is 17.4. The van der Waals surface area contributed by atoms with Gasteiger partial charge in [-0.1, -0.05) is 18.2 Å². The van der Waals surface area contributed by atoms with Gasteiger partial charge in [-0.15, -0.1) is 0 Å². The maximum atomic E-state index is 12.5. The Morgan fingerprint density at radius 2 is 1.66 bits per heavy atom. The van der Waals surface area contributed by atoms with Gasteiger partial charge in [0, 0.05) is 22.9 Å². The number of aromatic nitrogens is 2. The van der Waals surface area contributed by atoms with Crippen molar-refractivity contribution in [1.82, 2.24) is 20.5 Å². The van der Waals surface area contributed by atoms with Crippen molar-refractivity contribution in [2.75, 3.05) is 27.9 Å². The SMILES string of the molecule is COc1ccc(-c2nn(-c3ccccc3)cc2/C=N/NC(=O)CNC(=O)c2ccc(OC)c(OC)c2)cc1. The summed E-state index contributed by atoms with van der Waals surface area (Å²) in [6.45, 7) is -0.265. The predicted octanol–water partition coefficient (Wildman–Crippen LogP) is 3.45. The maximum absolute atomic E-state index is 12.5. The minimum absolute atomic E-state index is 0.265. The minimum Gasteiger partial charge on any atom is -0.497 e. The molecule has 10 heteroatoms. The Morgan fingerprint density at radius 3 is 2.34 bits per heavy atom. The van der Waals surface area contributed by atoms with Crippen molar-refractivity contribution in [3.8, 4) is 34.2 Å². The van der Waals surface area contributed by atoms with Crippen LogP contribution in [0.2, 0.25) is 0 Å². The van der Waals surface area contributed by atoms with Gasteiger partial charge in [0.25, 0.3) is 11.8 Å². The van der Waals surface area contributed by atoms with Gasteiger partial charge >= 0.3 is 0 Å². The molecule has 0 atom stereocenters. The molecule has 2 N–H and O–H groups in total. The van der Waals surface area contributed by atoms with Gasteiger partial charge in [0.15, 0.2) is 11.5 Å². The summed E-state index contributed by atoms with van der Waals surface area (Å²) >= 11 is 0. The highest BCUT2D eigenvalue weighted by atomic mass is 16.5. The molecule has 4 aromatic rings. The second kappa shape index (κ2) is 12.2. The second-order valence-electron chi connectivity index (χ2n) is 7.99. The van der Waals surface area contributed by atoms with E-state index in [1.807, 2.05) is 60.8 Å². The Kier molecular flexibility index (Phi) is 8.35. The molecule has 194 valence electrons. The molecular weight excluding hydrogens is 486 g/mol. The van der Waals surface area contributed by atoms with Gasteiger partial charge in [-0.3, -0.25) is 9.59 Å². The topological polar surface area (TPSA) is 116 Å². The number of rotatable bonds is 10. The van der Waals surface area contributed by atoms with Crippen molar-refractivity contribution in [1.29, 1.82) is 0 Å². The van der Waals surface area contributed by atoms with Crippen LogP contribution in [-0.2, 0) is 4.79 Å². The van der Waals surface area contributed by atoms with Gasteiger partial charge in [-0.2, -0.15) is 10.2 Å². The summed E-state index contributed by atoms with van der Waals surface area (Å²) in [6.07, 6.45) is 3.34. The average molecular weight is 514 g/mol. The van der Waals surface area contributed by atoms with Gasteiger partial charge in [0.1, 0.15) is 11.4 Å². The number of carbonyl (C=O) groups excluding carboxylic acids is 2. The number of benzene rings is 3. The van der Waals surface area contributed by atoms with E-state index in [-0.39, 0.29) is 6.54 Å². The van der Waals surface area contributed by atoms with E-state index in [0.29, 0.717) is 28.3 Å². The zero-order valence-corrected chi connectivity index (χ0v) is 21.2. The van der Waals surface area contributed by atoms with Crippen molar-refractivity contribution in [2.24, 2.45) is 5.10 Å². The lowest BCUT2D eigenvalue weighted by molar-refractivity contribution is -0.120. The molecule has 0 saturated carbocycles. The number of hydrazone groups is 1. The number of amides is 2. The molecule has 0 saturated heterocycles. The molecule has 0 unspecified atom stereocenters. The smallest absolute Gasteiger partial charge is 0.259 e. The van der Waals surface area contributed by atoms with E-state index in [0.717, 1.165) is 17.0 Å². The molecule has 38 heavy (non-hydrogen) atoms. The number of hydrogen-bond donors (Lipinski definition) is 2. The van der Waals surface area contributed by atoms with Crippen LogP contribution in [0.1, 0.15) is 15.9 Å². The van der Waals surface area contributed by atoms with Crippen LogP contribution in [0.3, 0.4) is 0 Å². The predicted molar refractivity (Wildman–Crippen MR) is 143 cm³/mol. The van der Waals surface area contributed by atoms with Gasteiger partial charge < -0.3 is 19.5 Å². The summed E-state index contributed by atoms with van der Waals surface area (Å²) in [5, 5.41) is 11.4. The molecule has 1 aromatic heterocycles. The van der Waals surface area contributed by atoms with Crippen LogP contribution in [0, 0.1) is 0 Å². The fraction of sp³-hybridized carbons (Fsp3) is 0.143. The van der Waals surface area contributed by atoms with Crippen LogP contribution in [0.4, 0.5) is 0 Å². The van der Waals surface area contributed by atoms with Crippen LogP contribution in [0.25, 0.3) is 16.9 Å². The Morgan fingerprint density at radius 1 is 0.921 bits per heavy atom. The molecule has 0 radical (unpaired) electrons. The van der Waals surface area contributed by atoms with Crippen LogP contribution in [-0.4, -0.2) is 55.7 Å². The van der Waals surface area contributed by atoms with Crippen LogP contribution in [0.15, 0.2) is 84.1 Å². The fourth-order valence-corrected chi connectivity index (χ4v) is 3.62. The van der Waals surface area contributed by atoms with E-state index < -0.39 is 11.8 Å². The molecule has 2 amide bonds. The summed E-state index contributed by atoms with van der Waals surface area (Å²) in [5.74, 6) is 0.722. The monoisotopic (exact) mass is 513 g/mol. The molecule has 0 fully saturated rings. The van der Waals surface area contributed by atoms with Crippen molar-refractivity contribution in [3.63, 3.8) is 0 Å². The third-order valence-electron chi connectivity index (χ3n) is 5.57. The highest BCUT2D eigenvalue weighted by Crippen LogP contribution is 2.27. The zero-order chi connectivity index (χ0) is 26.9. The van der Waals surface area contributed by atoms with E-state index in [1.165, 1.54) is 26.5 Å². The molecule has 0 bridgehead atoms. The maximum Gasteiger partial charge on any atom is 0.259 e. The van der Waals surface area contributed by atoms with E-state index in [1.54, 1.807) is 23.9 Å². The summed E-state index contributed by atoms with van der Waals surface area (Å²) in [6, 6.07) is 21.9. The third-order valence-corrected chi connectivity index (χ3v) is 5.57. The highest BCUT2D eigenvalue weighted by Gasteiger charge is 2.13. The lowest BCUT2D eigenvalue weighted by Gasteiger charge is -2.09. The molecule has 4 rings (SSSR count). The number of nitrogens with one attached hydrogen (secondary N) is 2. The molecule has 0 aliphatic heterocycles. The Hall–Kier alpha value is -5.12. The number of ether oxygens (including phenoxy) is 3. The van der Waals surface area contributed by atoms with E-state index >= 15 is 0 Å². The lowest BCUT2D eigenvalue weighted by atomic mass is 10.1. The largest absolute Gasteiger partial charge is 0.497 e. The first-order chi connectivity index (χ1) is 18.5. The van der Waals surface area contributed by atoms with Gasteiger partial charge in [-0.05, 0) is 54.6 Å². The molecule has 3 aromatic carbocycles. The molecule has 0 aliphatic rings. The second-order valence-corrected chi connectivity index (χ2v) is 7.99. The number of para-hydroxylation sites is 1. The van der Waals surface area contributed by atoms with Crippen molar-refractivity contribution in [3.05, 3.63) is 90.1 Å². The molecular formula is C28H27N5O5. The number of carbonyl (C=O) groups is 2. The molecule has 1 heterocycles. The first-order valence-corrected chi connectivity index (χ1v) is 11.6. The molecule has 10 nitrogen and oxygen atoms in total. The standard InChI is InChI=1S/C28H27N5O5/c1-36-23-12-9-19(10-13-23)27-21(18-33(32-27)22-7-5-4-6-8-22)16-30-31-26(34)17-29-28(35)20-11-14-24(37-2)25(15-20)38-3/h4-16,18H,17H2,1-3H3,(H,29,35)(H,31,34)/b30-16+. The van der Waals surface area contributed by atoms with Crippen molar-refractivity contribution >= 4 is 18.0 Å². The van der Waals surface area contributed by atoms with Crippen molar-refractivity contribution in [2.45, 2.75) is 0 Å².